The van der Waals surface area contributed by atoms with E-state index in [1.165, 1.54) is 12.8 Å². The first-order valence-corrected chi connectivity index (χ1v) is 9.57. The third-order valence-electron chi connectivity index (χ3n) is 4.29. The average molecular weight is 323 g/mol. The Morgan fingerprint density at radius 2 is 1.91 bits per heavy atom. The highest BCUT2D eigenvalue weighted by atomic mass is 32.2. The van der Waals surface area contributed by atoms with Crippen molar-refractivity contribution in [2.75, 3.05) is 16.8 Å². The van der Waals surface area contributed by atoms with E-state index in [2.05, 4.69) is 15.6 Å². The van der Waals surface area contributed by atoms with Gasteiger partial charge in [-0.25, -0.2) is 8.42 Å². The Bertz CT molecular complexity index is 654. The number of hydrogen-bond donors (Lipinski definition) is 2. The number of carbonyl (C=O) groups is 1. The molecule has 3 rings (SSSR count). The molecule has 2 aliphatic rings. The lowest BCUT2D eigenvalue weighted by Gasteiger charge is -2.14. The second-order valence-electron chi connectivity index (χ2n) is 6.16. The van der Waals surface area contributed by atoms with Gasteiger partial charge in [0, 0.05) is 24.5 Å². The minimum Gasteiger partial charge on any atom is -0.380 e. The van der Waals surface area contributed by atoms with Gasteiger partial charge in [-0.2, -0.15) is 0 Å². The van der Waals surface area contributed by atoms with E-state index in [1.54, 1.807) is 18.5 Å². The van der Waals surface area contributed by atoms with Crippen LogP contribution in [0.2, 0.25) is 0 Å². The number of pyridine rings is 1. The first-order chi connectivity index (χ1) is 10.5. The van der Waals surface area contributed by atoms with Gasteiger partial charge in [0.25, 0.3) is 5.91 Å². The Morgan fingerprint density at radius 1 is 1.14 bits per heavy atom. The van der Waals surface area contributed by atoms with Crippen LogP contribution in [-0.2, 0) is 9.84 Å². The predicted octanol–water partition coefficient (Wildman–Crippen LogP) is 1.35. The largest absolute Gasteiger partial charge is 0.380 e. The summed E-state index contributed by atoms with van der Waals surface area (Å²) in [6.45, 7) is 0. The van der Waals surface area contributed by atoms with Crippen molar-refractivity contribution >= 4 is 21.4 Å². The monoisotopic (exact) mass is 323 g/mol. The summed E-state index contributed by atoms with van der Waals surface area (Å²) in [6, 6.07) is 1.91. The van der Waals surface area contributed by atoms with Gasteiger partial charge < -0.3 is 10.6 Å². The van der Waals surface area contributed by atoms with Crippen LogP contribution < -0.4 is 10.6 Å². The number of nitrogens with zero attached hydrogens (tertiary/aromatic N) is 1. The molecule has 1 amide bonds. The van der Waals surface area contributed by atoms with E-state index in [9.17, 15) is 13.2 Å². The fraction of sp³-hybridized carbons (Fsp3) is 0.600. The van der Waals surface area contributed by atoms with Crippen molar-refractivity contribution < 1.29 is 13.2 Å². The normalized spacial score (nSPS) is 24.3. The van der Waals surface area contributed by atoms with Crippen molar-refractivity contribution in [2.45, 2.75) is 44.2 Å². The SMILES string of the molecule is O=C(NC1CCCC1)c1cncc(NC2CCS(=O)(=O)C2)c1. The number of amides is 1. The lowest BCUT2D eigenvalue weighted by atomic mass is 10.2. The Balaban J connectivity index is 1.63. The maximum Gasteiger partial charge on any atom is 0.253 e. The van der Waals surface area contributed by atoms with Gasteiger partial charge in [-0.3, -0.25) is 9.78 Å². The number of hydrogen-bond acceptors (Lipinski definition) is 5. The van der Waals surface area contributed by atoms with Crippen LogP contribution in [0, 0.1) is 0 Å². The molecule has 1 aromatic heterocycles. The van der Waals surface area contributed by atoms with E-state index in [0.717, 1.165) is 12.8 Å². The third kappa shape index (κ3) is 3.76. The van der Waals surface area contributed by atoms with E-state index in [1.807, 2.05) is 0 Å². The predicted molar refractivity (Wildman–Crippen MR) is 84.6 cm³/mol. The third-order valence-corrected chi connectivity index (χ3v) is 6.06. The second kappa shape index (κ2) is 6.24. The first-order valence-electron chi connectivity index (χ1n) is 7.75. The van der Waals surface area contributed by atoms with Crippen molar-refractivity contribution in [1.29, 1.82) is 0 Å². The Labute approximate surface area is 130 Å². The molecule has 1 atom stereocenters. The highest BCUT2D eigenvalue weighted by Gasteiger charge is 2.27. The standard InChI is InChI=1S/C15H21N3O3S/c19-15(18-12-3-1-2-4-12)11-7-14(9-16-8-11)17-13-5-6-22(20,21)10-13/h7-9,12-13,17H,1-6,10H2,(H,18,19). The lowest BCUT2D eigenvalue weighted by molar-refractivity contribution is 0.0937. The van der Waals surface area contributed by atoms with Crippen molar-refractivity contribution in [3.63, 3.8) is 0 Å². The minimum absolute atomic E-state index is 0.0973. The molecule has 1 saturated heterocycles. The highest BCUT2D eigenvalue weighted by molar-refractivity contribution is 7.91. The van der Waals surface area contributed by atoms with Crippen molar-refractivity contribution in [3.05, 3.63) is 24.0 Å². The zero-order valence-electron chi connectivity index (χ0n) is 12.4. The zero-order chi connectivity index (χ0) is 15.6. The topological polar surface area (TPSA) is 88.2 Å². The molecule has 0 spiro atoms. The summed E-state index contributed by atoms with van der Waals surface area (Å²) in [6.07, 6.45) is 8.18. The van der Waals surface area contributed by atoms with Gasteiger partial charge in [0.15, 0.2) is 9.84 Å². The number of anilines is 1. The smallest absolute Gasteiger partial charge is 0.253 e. The van der Waals surface area contributed by atoms with Crippen LogP contribution in [0.4, 0.5) is 5.69 Å². The van der Waals surface area contributed by atoms with Crippen LogP contribution in [-0.4, -0.2) is 42.9 Å². The maximum absolute atomic E-state index is 12.2. The first kappa shape index (κ1) is 15.3. The van der Waals surface area contributed by atoms with Crippen molar-refractivity contribution in [1.82, 2.24) is 10.3 Å². The van der Waals surface area contributed by atoms with Crippen LogP contribution in [0.25, 0.3) is 0 Å². The van der Waals surface area contributed by atoms with E-state index in [-0.39, 0.29) is 29.5 Å². The molecule has 1 saturated carbocycles. The average Bonchev–Trinajstić information content (AvgIpc) is 3.09. The number of carbonyl (C=O) groups excluding carboxylic acids is 1. The van der Waals surface area contributed by atoms with Gasteiger partial charge in [0.2, 0.25) is 0 Å². The van der Waals surface area contributed by atoms with E-state index >= 15 is 0 Å². The molecule has 7 heteroatoms. The van der Waals surface area contributed by atoms with Gasteiger partial charge in [0.05, 0.1) is 22.8 Å². The fourth-order valence-corrected chi connectivity index (χ4v) is 4.80. The number of aromatic nitrogens is 1. The zero-order valence-corrected chi connectivity index (χ0v) is 13.2. The molecular weight excluding hydrogens is 302 g/mol. The maximum atomic E-state index is 12.2. The second-order valence-corrected chi connectivity index (χ2v) is 8.39. The van der Waals surface area contributed by atoms with Crippen LogP contribution in [0.5, 0.6) is 0 Å². The van der Waals surface area contributed by atoms with Gasteiger partial charge in [-0.15, -0.1) is 0 Å². The summed E-state index contributed by atoms with van der Waals surface area (Å²) in [4.78, 5) is 16.3. The minimum atomic E-state index is -2.92. The summed E-state index contributed by atoms with van der Waals surface area (Å²) in [5.41, 5.74) is 1.21. The van der Waals surface area contributed by atoms with Crippen LogP contribution in [0.15, 0.2) is 18.5 Å². The van der Waals surface area contributed by atoms with Crippen LogP contribution in [0.1, 0.15) is 42.5 Å². The molecule has 0 radical (unpaired) electrons. The highest BCUT2D eigenvalue weighted by Crippen LogP contribution is 2.20. The van der Waals surface area contributed by atoms with Gasteiger partial charge >= 0.3 is 0 Å². The lowest BCUT2D eigenvalue weighted by Crippen LogP contribution is -2.32. The summed E-state index contributed by atoms with van der Waals surface area (Å²) in [5, 5.41) is 6.19. The Hall–Kier alpha value is -1.63. The molecule has 1 aliphatic heterocycles. The molecule has 1 aromatic rings. The van der Waals surface area contributed by atoms with Crippen LogP contribution in [0.3, 0.4) is 0 Å². The summed E-state index contributed by atoms with van der Waals surface area (Å²) in [7, 11) is -2.92. The summed E-state index contributed by atoms with van der Waals surface area (Å²) >= 11 is 0. The number of rotatable bonds is 4. The quantitative estimate of drug-likeness (QED) is 0.873. The molecule has 2 N–H and O–H groups in total. The molecule has 1 aliphatic carbocycles. The summed E-state index contributed by atoms with van der Waals surface area (Å²) < 4.78 is 23.0. The van der Waals surface area contributed by atoms with Gasteiger partial charge in [0.1, 0.15) is 0 Å². The fourth-order valence-electron chi connectivity index (χ4n) is 3.13. The molecule has 6 nitrogen and oxygen atoms in total. The molecule has 0 bridgehead atoms. The van der Waals surface area contributed by atoms with Crippen molar-refractivity contribution in [3.8, 4) is 0 Å². The van der Waals surface area contributed by atoms with Crippen molar-refractivity contribution in [2.24, 2.45) is 0 Å². The molecule has 1 unspecified atom stereocenters. The Kier molecular flexibility index (Phi) is 4.33. The molecule has 2 fully saturated rings. The van der Waals surface area contributed by atoms with E-state index in [0.29, 0.717) is 17.7 Å². The van der Waals surface area contributed by atoms with Crippen LogP contribution >= 0.6 is 0 Å². The van der Waals surface area contributed by atoms with E-state index in [4.69, 9.17) is 0 Å². The number of sulfone groups is 1. The van der Waals surface area contributed by atoms with Gasteiger partial charge in [-0.1, -0.05) is 12.8 Å². The number of nitrogens with one attached hydrogen (secondary N) is 2. The molecule has 2 heterocycles. The summed E-state index contributed by atoms with van der Waals surface area (Å²) in [5.74, 6) is 0.257. The molecule has 0 aromatic carbocycles. The molecule has 120 valence electrons. The van der Waals surface area contributed by atoms with E-state index < -0.39 is 9.84 Å². The Morgan fingerprint density at radius 3 is 2.59 bits per heavy atom. The van der Waals surface area contributed by atoms with Gasteiger partial charge in [-0.05, 0) is 25.3 Å². The molecule has 22 heavy (non-hydrogen) atoms. The molecular formula is C15H21N3O3S.